The van der Waals surface area contributed by atoms with Gasteiger partial charge >= 0.3 is 6.03 Å². The van der Waals surface area contributed by atoms with Crippen molar-refractivity contribution in [2.75, 3.05) is 0 Å². The van der Waals surface area contributed by atoms with Gasteiger partial charge in [-0.05, 0) is 29.3 Å². The number of aryl methyl sites for hydroxylation is 1. The van der Waals surface area contributed by atoms with Gasteiger partial charge < -0.3 is 10.6 Å². The van der Waals surface area contributed by atoms with Crippen LogP contribution in [0, 0.1) is 0 Å². The summed E-state index contributed by atoms with van der Waals surface area (Å²) in [5.74, 6) is 0. The van der Waals surface area contributed by atoms with Crippen LogP contribution < -0.4 is 10.6 Å². The van der Waals surface area contributed by atoms with E-state index in [1.54, 1.807) is 35.4 Å². The van der Waals surface area contributed by atoms with Crippen LogP contribution in [0.2, 0.25) is 5.02 Å². The number of urea groups is 1. The van der Waals surface area contributed by atoms with Gasteiger partial charge in [0, 0.05) is 54.9 Å². The summed E-state index contributed by atoms with van der Waals surface area (Å²) in [6, 6.07) is 9.11. The maximum atomic E-state index is 11.9. The fourth-order valence-corrected chi connectivity index (χ4v) is 2.47. The number of hydrogen-bond donors (Lipinski definition) is 2. The smallest absolute Gasteiger partial charge is 0.315 e. The summed E-state index contributed by atoms with van der Waals surface area (Å²) < 4.78 is 1.74. The van der Waals surface area contributed by atoms with Crippen LogP contribution >= 0.6 is 11.6 Å². The Morgan fingerprint density at radius 1 is 1.04 bits per heavy atom. The first-order chi connectivity index (χ1) is 12.1. The first-order valence-corrected chi connectivity index (χ1v) is 8.17. The van der Waals surface area contributed by atoms with Gasteiger partial charge in [0.2, 0.25) is 0 Å². The van der Waals surface area contributed by atoms with Gasteiger partial charge in [-0.3, -0.25) is 9.67 Å². The second-order valence-corrected chi connectivity index (χ2v) is 6.08. The van der Waals surface area contributed by atoms with Gasteiger partial charge in [0.1, 0.15) is 0 Å². The van der Waals surface area contributed by atoms with Gasteiger partial charge in [0.15, 0.2) is 0 Å². The van der Waals surface area contributed by atoms with E-state index in [2.05, 4.69) is 20.7 Å². The number of hydrogen-bond acceptors (Lipinski definition) is 3. The van der Waals surface area contributed by atoms with Crippen LogP contribution in [0.4, 0.5) is 4.79 Å². The average molecular weight is 356 g/mol. The molecule has 0 saturated heterocycles. The van der Waals surface area contributed by atoms with Gasteiger partial charge in [-0.2, -0.15) is 5.10 Å². The lowest BCUT2D eigenvalue weighted by atomic mass is 10.1. The molecule has 3 rings (SSSR count). The van der Waals surface area contributed by atoms with Crippen molar-refractivity contribution in [3.05, 3.63) is 71.3 Å². The number of carbonyl (C=O) groups excluding carboxylic acids is 1. The van der Waals surface area contributed by atoms with E-state index in [9.17, 15) is 4.79 Å². The predicted molar refractivity (Wildman–Crippen MR) is 97.0 cm³/mol. The van der Waals surface area contributed by atoms with E-state index >= 15 is 0 Å². The summed E-state index contributed by atoms with van der Waals surface area (Å²) >= 11 is 5.84. The molecule has 0 spiro atoms. The van der Waals surface area contributed by atoms with E-state index in [0.29, 0.717) is 18.1 Å². The Labute approximate surface area is 150 Å². The fourth-order valence-electron chi connectivity index (χ4n) is 2.34. The molecule has 0 bridgehead atoms. The molecule has 0 saturated carbocycles. The van der Waals surface area contributed by atoms with Crippen molar-refractivity contribution in [2.24, 2.45) is 7.05 Å². The molecule has 0 radical (unpaired) electrons. The monoisotopic (exact) mass is 355 g/mol. The number of amides is 2. The van der Waals surface area contributed by atoms with Crippen LogP contribution in [0.25, 0.3) is 11.1 Å². The summed E-state index contributed by atoms with van der Waals surface area (Å²) in [5, 5.41) is 10.5. The van der Waals surface area contributed by atoms with Gasteiger partial charge in [0.25, 0.3) is 0 Å². The first kappa shape index (κ1) is 17.0. The molecule has 7 heteroatoms. The minimum atomic E-state index is -0.235. The van der Waals surface area contributed by atoms with E-state index < -0.39 is 0 Å². The molecule has 2 heterocycles. The van der Waals surface area contributed by atoms with Crippen molar-refractivity contribution in [1.29, 1.82) is 0 Å². The third-order valence-electron chi connectivity index (χ3n) is 3.65. The molecule has 128 valence electrons. The number of aromatic nitrogens is 3. The highest BCUT2D eigenvalue weighted by molar-refractivity contribution is 6.30. The molecule has 0 unspecified atom stereocenters. The molecule has 0 aliphatic heterocycles. The molecule has 2 aromatic heterocycles. The minimum Gasteiger partial charge on any atom is -0.334 e. The molecule has 6 nitrogen and oxygen atoms in total. The van der Waals surface area contributed by atoms with Gasteiger partial charge in [0.05, 0.1) is 6.20 Å². The zero-order valence-corrected chi connectivity index (χ0v) is 14.5. The Bertz CT molecular complexity index is 860. The Morgan fingerprint density at radius 2 is 1.76 bits per heavy atom. The lowest BCUT2D eigenvalue weighted by Crippen LogP contribution is -2.34. The Morgan fingerprint density at radius 3 is 2.44 bits per heavy atom. The minimum absolute atomic E-state index is 0.235. The Kier molecular flexibility index (Phi) is 5.30. The van der Waals surface area contributed by atoms with E-state index in [4.69, 9.17) is 11.6 Å². The number of pyridine rings is 1. The fraction of sp³-hybridized carbons (Fsp3) is 0.167. The molecule has 0 aliphatic carbocycles. The third kappa shape index (κ3) is 4.81. The van der Waals surface area contributed by atoms with Crippen LogP contribution in [0.1, 0.15) is 11.1 Å². The van der Waals surface area contributed by atoms with Gasteiger partial charge in [-0.25, -0.2) is 4.79 Å². The highest BCUT2D eigenvalue weighted by atomic mass is 35.5. The number of halogens is 1. The van der Waals surface area contributed by atoms with Crippen LogP contribution in [-0.2, 0) is 20.1 Å². The summed E-state index contributed by atoms with van der Waals surface area (Å²) in [6.45, 7) is 0.838. The zero-order chi connectivity index (χ0) is 17.6. The number of carbonyl (C=O) groups is 1. The highest BCUT2D eigenvalue weighted by Crippen LogP contribution is 2.18. The van der Waals surface area contributed by atoms with Gasteiger partial charge in [-0.15, -0.1) is 0 Å². The zero-order valence-electron chi connectivity index (χ0n) is 13.7. The van der Waals surface area contributed by atoms with Crippen molar-refractivity contribution in [2.45, 2.75) is 13.1 Å². The van der Waals surface area contributed by atoms with E-state index in [-0.39, 0.29) is 6.03 Å². The molecule has 0 aliphatic rings. The normalized spacial score (nSPS) is 10.5. The van der Waals surface area contributed by atoms with Crippen LogP contribution in [0.5, 0.6) is 0 Å². The average Bonchev–Trinajstić information content (AvgIpc) is 3.06. The molecule has 0 fully saturated rings. The van der Waals surface area contributed by atoms with Crippen molar-refractivity contribution in [3.63, 3.8) is 0 Å². The van der Waals surface area contributed by atoms with Crippen LogP contribution in [0.15, 0.2) is 55.1 Å². The topological polar surface area (TPSA) is 71.8 Å². The Balaban J connectivity index is 1.52. The molecule has 1 aromatic carbocycles. The number of benzene rings is 1. The van der Waals surface area contributed by atoms with Crippen LogP contribution in [0.3, 0.4) is 0 Å². The molecule has 0 atom stereocenters. The number of nitrogens with zero attached hydrogens (tertiary/aromatic N) is 3. The Hall–Kier alpha value is -2.86. The second kappa shape index (κ2) is 7.81. The molecule has 3 aromatic rings. The molecule has 25 heavy (non-hydrogen) atoms. The van der Waals surface area contributed by atoms with Crippen molar-refractivity contribution >= 4 is 17.6 Å². The van der Waals surface area contributed by atoms with E-state index in [0.717, 1.165) is 22.3 Å². The van der Waals surface area contributed by atoms with Crippen molar-refractivity contribution < 1.29 is 4.79 Å². The molecule has 2 amide bonds. The van der Waals surface area contributed by atoms with Crippen molar-refractivity contribution in [1.82, 2.24) is 25.4 Å². The molecule has 2 N–H and O–H groups in total. The van der Waals surface area contributed by atoms with E-state index in [1.165, 1.54) is 0 Å². The summed E-state index contributed by atoms with van der Waals surface area (Å²) in [6.07, 6.45) is 7.22. The van der Waals surface area contributed by atoms with Crippen LogP contribution in [-0.4, -0.2) is 20.8 Å². The summed E-state index contributed by atoms with van der Waals surface area (Å²) in [5.41, 5.74) is 3.86. The maximum absolute atomic E-state index is 11.9. The molecular weight excluding hydrogens is 338 g/mol. The summed E-state index contributed by atoms with van der Waals surface area (Å²) in [7, 11) is 1.87. The largest absolute Gasteiger partial charge is 0.334 e. The standard InChI is InChI=1S/C18H18ClN5O/c1-24-12-16(11-23-24)15-6-14(7-20-10-15)9-22-18(25)21-8-13-2-4-17(19)5-3-13/h2-7,10-12H,8-9H2,1H3,(H2,21,22,25). The second-order valence-electron chi connectivity index (χ2n) is 5.65. The number of rotatable bonds is 5. The lowest BCUT2D eigenvalue weighted by molar-refractivity contribution is 0.240. The molecular formula is C18H18ClN5O. The SMILES string of the molecule is Cn1cc(-c2cncc(CNC(=O)NCc3ccc(Cl)cc3)c2)cn1. The first-order valence-electron chi connectivity index (χ1n) is 7.79. The van der Waals surface area contributed by atoms with E-state index in [1.807, 2.05) is 31.4 Å². The maximum Gasteiger partial charge on any atom is 0.315 e. The van der Waals surface area contributed by atoms with Gasteiger partial charge in [-0.1, -0.05) is 23.7 Å². The third-order valence-corrected chi connectivity index (χ3v) is 3.90. The number of nitrogens with one attached hydrogen (secondary N) is 2. The predicted octanol–water partition coefficient (Wildman–Crippen LogP) is 3.13. The highest BCUT2D eigenvalue weighted by Gasteiger charge is 2.05. The summed E-state index contributed by atoms with van der Waals surface area (Å²) in [4.78, 5) is 16.2. The quantitative estimate of drug-likeness (QED) is 0.738. The van der Waals surface area contributed by atoms with Crippen molar-refractivity contribution in [3.8, 4) is 11.1 Å². The lowest BCUT2D eigenvalue weighted by Gasteiger charge is -2.08.